The van der Waals surface area contributed by atoms with Crippen molar-refractivity contribution in [3.63, 3.8) is 0 Å². The standard InChI is InChI=1S/C13H17N3O/c1-2-3-4-5-10-13(17)16-12-9-7-6-8-11(12)14-15-16/h6-9H,2-5,10H2,1H3. The molecule has 1 aromatic carbocycles. The van der Waals surface area contributed by atoms with Crippen LogP contribution in [0.5, 0.6) is 0 Å². The molecule has 4 heteroatoms. The summed E-state index contributed by atoms with van der Waals surface area (Å²) in [6.45, 7) is 2.16. The molecule has 0 bridgehead atoms. The highest BCUT2D eigenvalue weighted by atomic mass is 16.2. The summed E-state index contributed by atoms with van der Waals surface area (Å²) in [6.07, 6.45) is 4.95. The van der Waals surface area contributed by atoms with Crippen LogP contribution in [0.1, 0.15) is 43.8 Å². The van der Waals surface area contributed by atoms with Crippen molar-refractivity contribution in [1.82, 2.24) is 15.0 Å². The van der Waals surface area contributed by atoms with E-state index in [1.165, 1.54) is 17.5 Å². The number of unbranched alkanes of at least 4 members (excludes halogenated alkanes) is 3. The third-order valence-corrected chi connectivity index (χ3v) is 2.83. The first kappa shape index (κ1) is 11.8. The monoisotopic (exact) mass is 231 g/mol. The molecule has 0 fully saturated rings. The van der Waals surface area contributed by atoms with E-state index in [4.69, 9.17) is 0 Å². The Labute approximate surface area is 101 Å². The summed E-state index contributed by atoms with van der Waals surface area (Å²) in [5.74, 6) is 0.0369. The number of hydrogen-bond acceptors (Lipinski definition) is 3. The van der Waals surface area contributed by atoms with Crippen LogP contribution >= 0.6 is 0 Å². The summed E-state index contributed by atoms with van der Waals surface area (Å²) in [5, 5.41) is 7.89. The van der Waals surface area contributed by atoms with E-state index in [-0.39, 0.29) is 5.91 Å². The molecule has 17 heavy (non-hydrogen) atoms. The lowest BCUT2D eigenvalue weighted by Crippen LogP contribution is -2.12. The van der Waals surface area contributed by atoms with E-state index < -0.39 is 0 Å². The Bertz CT molecular complexity index is 504. The van der Waals surface area contributed by atoms with Crippen molar-refractivity contribution in [1.29, 1.82) is 0 Å². The minimum atomic E-state index is 0.0369. The van der Waals surface area contributed by atoms with Crippen molar-refractivity contribution in [3.05, 3.63) is 24.3 Å². The van der Waals surface area contributed by atoms with Gasteiger partial charge < -0.3 is 0 Å². The lowest BCUT2D eigenvalue weighted by atomic mass is 10.1. The fourth-order valence-electron chi connectivity index (χ4n) is 1.86. The Morgan fingerprint density at radius 3 is 2.88 bits per heavy atom. The molecule has 0 amide bonds. The predicted octanol–water partition coefficient (Wildman–Crippen LogP) is 3.04. The highest BCUT2D eigenvalue weighted by Crippen LogP contribution is 2.11. The Hall–Kier alpha value is -1.71. The van der Waals surface area contributed by atoms with Crippen LogP contribution in [-0.4, -0.2) is 20.9 Å². The summed E-state index contributed by atoms with van der Waals surface area (Å²) in [7, 11) is 0. The van der Waals surface area contributed by atoms with Crippen LogP contribution < -0.4 is 0 Å². The second-order valence-corrected chi connectivity index (χ2v) is 4.19. The molecule has 4 nitrogen and oxygen atoms in total. The van der Waals surface area contributed by atoms with Gasteiger partial charge in [-0.3, -0.25) is 4.79 Å². The number of fused-ring (bicyclic) bond motifs is 1. The van der Waals surface area contributed by atoms with Gasteiger partial charge >= 0.3 is 0 Å². The third-order valence-electron chi connectivity index (χ3n) is 2.83. The fraction of sp³-hybridized carbons (Fsp3) is 0.462. The van der Waals surface area contributed by atoms with E-state index in [9.17, 15) is 4.79 Å². The van der Waals surface area contributed by atoms with Gasteiger partial charge in [0, 0.05) is 6.42 Å². The molecule has 1 aromatic heterocycles. The Kier molecular flexibility index (Phi) is 3.85. The van der Waals surface area contributed by atoms with E-state index in [2.05, 4.69) is 17.2 Å². The molecule has 0 aliphatic carbocycles. The van der Waals surface area contributed by atoms with Crippen LogP contribution in [-0.2, 0) is 0 Å². The second kappa shape index (κ2) is 5.57. The maximum absolute atomic E-state index is 11.9. The number of carbonyl (C=O) groups excluding carboxylic acids is 1. The van der Waals surface area contributed by atoms with Crippen LogP contribution in [0.3, 0.4) is 0 Å². The van der Waals surface area contributed by atoms with Gasteiger partial charge in [-0.15, -0.1) is 5.10 Å². The van der Waals surface area contributed by atoms with Gasteiger partial charge in [-0.25, -0.2) is 0 Å². The van der Waals surface area contributed by atoms with Gasteiger partial charge in [0.2, 0.25) is 5.91 Å². The first-order chi connectivity index (χ1) is 8.33. The molecule has 90 valence electrons. The topological polar surface area (TPSA) is 47.8 Å². The quantitative estimate of drug-likeness (QED) is 0.743. The largest absolute Gasteiger partial charge is 0.273 e. The zero-order valence-corrected chi connectivity index (χ0v) is 10.1. The molecular weight excluding hydrogens is 214 g/mol. The smallest absolute Gasteiger partial charge is 0.248 e. The van der Waals surface area contributed by atoms with Gasteiger partial charge in [-0.1, -0.05) is 43.5 Å². The summed E-state index contributed by atoms with van der Waals surface area (Å²) < 4.78 is 1.42. The average molecular weight is 231 g/mol. The van der Waals surface area contributed by atoms with Crippen LogP contribution in [0.15, 0.2) is 24.3 Å². The van der Waals surface area contributed by atoms with Gasteiger partial charge in [0.15, 0.2) is 0 Å². The predicted molar refractivity (Wildman–Crippen MR) is 66.9 cm³/mol. The fourth-order valence-corrected chi connectivity index (χ4v) is 1.86. The van der Waals surface area contributed by atoms with Crippen molar-refractivity contribution in [2.45, 2.75) is 39.0 Å². The number of carbonyl (C=O) groups is 1. The van der Waals surface area contributed by atoms with E-state index in [1.54, 1.807) is 0 Å². The first-order valence-corrected chi connectivity index (χ1v) is 6.16. The van der Waals surface area contributed by atoms with Crippen LogP contribution in [0.25, 0.3) is 11.0 Å². The number of benzene rings is 1. The summed E-state index contributed by atoms with van der Waals surface area (Å²) >= 11 is 0. The van der Waals surface area contributed by atoms with Crippen LogP contribution in [0.4, 0.5) is 0 Å². The van der Waals surface area contributed by atoms with Crippen molar-refractivity contribution in [3.8, 4) is 0 Å². The molecule has 0 aliphatic heterocycles. The number of hydrogen-bond donors (Lipinski definition) is 0. The number of rotatable bonds is 5. The van der Waals surface area contributed by atoms with Crippen molar-refractivity contribution >= 4 is 16.9 Å². The third kappa shape index (κ3) is 2.70. The molecule has 0 saturated heterocycles. The summed E-state index contributed by atoms with van der Waals surface area (Å²) in [5.41, 5.74) is 1.57. The van der Waals surface area contributed by atoms with Crippen molar-refractivity contribution < 1.29 is 4.79 Å². The molecule has 1 heterocycles. The Balaban J connectivity index is 2.04. The number of para-hydroxylation sites is 1. The normalized spacial score (nSPS) is 10.9. The molecule has 0 atom stereocenters. The zero-order chi connectivity index (χ0) is 12.1. The summed E-state index contributed by atoms with van der Waals surface area (Å²) in [6, 6.07) is 7.53. The Morgan fingerprint density at radius 1 is 1.24 bits per heavy atom. The molecule has 0 spiro atoms. The highest BCUT2D eigenvalue weighted by molar-refractivity contribution is 5.88. The minimum absolute atomic E-state index is 0.0369. The number of aromatic nitrogens is 3. The van der Waals surface area contributed by atoms with Crippen molar-refractivity contribution in [2.75, 3.05) is 0 Å². The first-order valence-electron chi connectivity index (χ1n) is 6.16. The van der Waals surface area contributed by atoms with E-state index in [0.717, 1.165) is 23.9 Å². The molecule has 0 N–H and O–H groups in total. The molecule has 0 radical (unpaired) electrons. The van der Waals surface area contributed by atoms with E-state index >= 15 is 0 Å². The molecule has 0 saturated carbocycles. The van der Waals surface area contributed by atoms with E-state index in [1.807, 2.05) is 24.3 Å². The maximum atomic E-state index is 11.9. The minimum Gasteiger partial charge on any atom is -0.273 e. The second-order valence-electron chi connectivity index (χ2n) is 4.19. The van der Waals surface area contributed by atoms with Gasteiger partial charge in [0.1, 0.15) is 5.52 Å². The van der Waals surface area contributed by atoms with Gasteiger partial charge in [0.05, 0.1) is 5.52 Å². The van der Waals surface area contributed by atoms with Gasteiger partial charge in [-0.2, -0.15) is 4.68 Å². The molecular formula is C13H17N3O. The van der Waals surface area contributed by atoms with Crippen LogP contribution in [0.2, 0.25) is 0 Å². The maximum Gasteiger partial charge on any atom is 0.248 e. The van der Waals surface area contributed by atoms with Crippen molar-refractivity contribution in [2.24, 2.45) is 0 Å². The zero-order valence-electron chi connectivity index (χ0n) is 10.1. The van der Waals surface area contributed by atoms with Gasteiger partial charge in [-0.05, 0) is 18.6 Å². The SMILES string of the molecule is CCCCCCC(=O)n1nnc2ccccc21. The molecule has 0 unspecified atom stereocenters. The molecule has 2 rings (SSSR count). The Morgan fingerprint density at radius 2 is 2.06 bits per heavy atom. The summed E-state index contributed by atoms with van der Waals surface area (Å²) in [4.78, 5) is 11.9. The average Bonchev–Trinajstić information content (AvgIpc) is 2.78. The van der Waals surface area contributed by atoms with E-state index in [0.29, 0.717) is 6.42 Å². The van der Waals surface area contributed by atoms with Crippen LogP contribution in [0, 0.1) is 0 Å². The lowest BCUT2D eigenvalue weighted by Gasteiger charge is -2.00. The molecule has 0 aliphatic rings. The lowest BCUT2D eigenvalue weighted by molar-refractivity contribution is 0.0886. The molecule has 2 aromatic rings. The highest BCUT2D eigenvalue weighted by Gasteiger charge is 2.10. The van der Waals surface area contributed by atoms with Gasteiger partial charge in [0.25, 0.3) is 0 Å². The number of nitrogens with zero attached hydrogens (tertiary/aromatic N) is 3.